The predicted octanol–water partition coefficient (Wildman–Crippen LogP) is 2.66. The van der Waals surface area contributed by atoms with Crippen molar-refractivity contribution in [2.24, 2.45) is 0 Å². The van der Waals surface area contributed by atoms with Gasteiger partial charge in [-0.05, 0) is 24.1 Å². The molecule has 1 N–H and O–H groups in total. The Hall–Kier alpha value is -0.640. The maximum Gasteiger partial charge on any atom is 0.142 e. The standard InChI is InChI=1S/C10H11ClFNO/c11-9-2-1-7(5-10(9)12)8-3-4-13(14)6-8/h1-2,5,8,14H,3-4,6H2. The van der Waals surface area contributed by atoms with Crippen LogP contribution in [0.2, 0.25) is 5.02 Å². The minimum atomic E-state index is -0.388. The first-order valence-electron chi connectivity index (χ1n) is 4.55. The quantitative estimate of drug-likeness (QED) is 0.779. The van der Waals surface area contributed by atoms with Gasteiger partial charge in [-0.2, -0.15) is 5.06 Å². The highest BCUT2D eigenvalue weighted by atomic mass is 35.5. The van der Waals surface area contributed by atoms with E-state index in [2.05, 4.69) is 0 Å². The molecule has 2 nitrogen and oxygen atoms in total. The Morgan fingerprint density at radius 1 is 1.50 bits per heavy atom. The molecular weight excluding hydrogens is 205 g/mol. The van der Waals surface area contributed by atoms with Gasteiger partial charge >= 0.3 is 0 Å². The maximum atomic E-state index is 13.1. The highest BCUT2D eigenvalue weighted by Gasteiger charge is 2.22. The number of hydrogen-bond donors (Lipinski definition) is 1. The van der Waals surface area contributed by atoms with Gasteiger partial charge in [-0.3, -0.25) is 0 Å². The molecule has 76 valence electrons. The average Bonchev–Trinajstić information content (AvgIpc) is 2.57. The average molecular weight is 216 g/mol. The third kappa shape index (κ3) is 1.90. The topological polar surface area (TPSA) is 23.5 Å². The van der Waals surface area contributed by atoms with Crippen LogP contribution in [-0.2, 0) is 0 Å². The van der Waals surface area contributed by atoms with Gasteiger partial charge in [0.15, 0.2) is 0 Å². The molecule has 1 heterocycles. The van der Waals surface area contributed by atoms with Crippen LogP contribution in [0.25, 0.3) is 0 Å². The Balaban J connectivity index is 2.20. The second kappa shape index (κ2) is 3.85. The number of nitrogens with zero attached hydrogens (tertiary/aromatic N) is 1. The fourth-order valence-corrected chi connectivity index (χ4v) is 1.90. The van der Waals surface area contributed by atoms with Gasteiger partial charge in [0.05, 0.1) is 5.02 Å². The van der Waals surface area contributed by atoms with E-state index in [1.54, 1.807) is 6.07 Å². The van der Waals surface area contributed by atoms with Gasteiger partial charge in [0.25, 0.3) is 0 Å². The summed E-state index contributed by atoms with van der Waals surface area (Å²) in [5.41, 5.74) is 0.906. The first-order chi connectivity index (χ1) is 6.66. The molecule has 0 aromatic heterocycles. The van der Waals surface area contributed by atoms with Crippen molar-refractivity contribution in [3.8, 4) is 0 Å². The van der Waals surface area contributed by atoms with Gasteiger partial charge in [-0.1, -0.05) is 17.7 Å². The lowest BCUT2D eigenvalue weighted by Gasteiger charge is -2.10. The second-order valence-electron chi connectivity index (χ2n) is 3.57. The molecule has 1 saturated heterocycles. The zero-order valence-electron chi connectivity index (χ0n) is 7.58. The van der Waals surface area contributed by atoms with E-state index < -0.39 is 0 Å². The SMILES string of the molecule is ON1CCC(c2ccc(Cl)c(F)c2)C1. The fraction of sp³-hybridized carbons (Fsp3) is 0.400. The second-order valence-corrected chi connectivity index (χ2v) is 3.98. The van der Waals surface area contributed by atoms with Crippen LogP contribution in [0.4, 0.5) is 4.39 Å². The third-order valence-corrected chi connectivity index (χ3v) is 2.89. The molecule has 14 heavy (non-hydrogen) atoms. The van der Waals surface area contributed by atoms with E-state index in [1.165, 1.54) is 11.1 Å². The van der Waals surface area contributed by atoms with Crippen LogP contribution in [0.1, 0.15) is 17.9 Å². The Kier molecular flexibility index (Phi) is 2.72. The molecule has 1 aromatic rings. The number of hydrogen-bond acceptors (Lipinski definition) is 2. The summed E-state index contributed by atoms with van der Waals surface area (Å²) in [7, 11) is 0. The molecular formula is C10H11ClFNO. The van der Waals surface area contributed by atoms with E-state index in [1.807, 2.05) is 6.07 Å². The van der Waals surface area contributed by atoms with E-state index in [4.69, 9.17) is 11.6 Å². The van der Waals surface area contributed by atoms with E-state index in [-0.39, 0.29) is 16.8 Å². The third-order valence-electron chi connectivity index (χ3n) is 2.58. The van der Waals surface area contributed by atoms with Gasteiger partial charge in [-0.15, -0.1) is 0 Å². The smallest absolute Gasteiger partial charge is 0.142 e. The number of rotatable bonds is 1. The monoisotopic (exact) mass is 215 g/mol. The molecule has 0 bridgehead atoms. The van der Waals surface area contributed by atoms with E-state index >= 15 is 0 Å². The van der Waals surface area contributed by atoms with Crippen molar-refractivity contribution >= 4 is 11.6 Å². The Morgan fingerprint density at radius 2 is 2.29 bits per heavy atom. The van der Waals surface area contributed by atoms with Crippen LogP contribution in [0.3, 0.4) is 0 Å². The van der Waals surface area contributed by atoms with Crippen molar-refractivity contribution in [3.05, 3.63) is 34.6 Å². The van der Waals surface area contributed by atoms with Gasteiger partial charge in [0.1, 0.15) is 5.82 Å². The van der Waals surface area contributed by atoms with E-state index in [9.17, 15) is 9.60 Å². The van der Waals surface area contributed by atoms with Crippen molar-refractivity contribution in [2.45, 2.75) is 12.3 Å². The van der Waals surface area contributed by atoms with Crippen LogP contribution in [0.15, 0.2) is 18.2 Å². The highest BCUT2D eigenvalue weighted by molar-refractivity contribution is 6.30. The molecule has 2 rings (SSSR count). The van der Waals surface area contributed by atoms with Crippen molar-refractivity contribution in [2.75, 3.05) is 13.1 Å². The Labute approximate surface area is 86.9 Å². The zero-order valence-corrected chi connectivity index (χ0v) is 8.34. The molecule has 1 aliphatic rings. The summed E-state index contributed by atoms with van der Waals surface area (Å²) in [4.78, 5) is 0. The van der Waals surface area contributed by atoms with Gasteiger partial charge < -0.3 is 5.21 Å². The number of halogens is 2. The summed E-state index contributed by atoms with van der Waals surface area (Å²) in [5, 5.41) is 10.6. The molecule has 0 spiro atoms. The van der Waals surface area contributed by atoms with Crippen LogP contribution in [-0.4, -0.2) is 23.4 Å². The molecule has 1 unspecified atom stereocenters. The van der Waals surface area contributed by atoms with Crippen molar-refractivity contribution in [1.29, 1.82) is 0 Å². The summed E-state index contributed by atoms with van der Waals surface area (Å²) >= 11 is 5.58. The lowest BCUT2D eigenvalue weighted by Crippen LogP contribution is -2.14. The molecule has 0 aliphatic carbocycles. The predicted molar refractivity (Wildman–Crippen MR) is 52.1 cm³/mol. The molecule has 0 amide bonds. The van der Waals surface area contributed by atoms with Crippen molar-refractivity contribution < 1.29 is 9.60 Å². The number of hydroxylamine groups is 2. The normalized spacial score (nSPS) is 22.9. The molecule has 1 aliphatic heterocycles. The zero-order chi connectivity index (χ0) is 10.1. The Morgan fingerprint density at radius 3 is 2.86 bits per heavy atom. The van der Waals surface area contributed by atoms with E-state index in [0.717, 1.165) is 12.0 Å². The van der Waals surface area contributed by atoms with Gasteiger partial charge in [0.2, 0.25) is 0 Å². The summed E-state index contributed by atoms with van der Waals surface area (Å²) in [6.07, 6.45) is 0.859. The molecule has 4 heteroatoms. The molecule has 1 fully saturated rings. The maximum absolute atomic E-state index is 13.1. The van der Waals surface area contributed by atoms with E-state index in [0.29, 0.717) is 13.1 Å². The van der Waals surface area contributed by atoms with Crippen molar-refractivity contribution in [3.63, 3.8) is 0 Å². The molecule has 1 aromatic carbocycles. The Bertz CT molecular complexity index is 345. The summed E-state index contributed by atoms with van der Waals surface area (Å²) < 4.78 is 13.1. The minimum Gasteiger partial charge on any atom is -0.314 e. The van der Waals surface area contributed by atoms with Crippen LogP contribution in [0, 0.1) is 5.82 Å². The minimum absolute atomic E-state index is 0.146. The molecule has 0 saturated carbocycles. The van der Waals surface area contributed by atoms with Crippen LogP contribution in [0.5, 0.6) is 0 Å². The first kappa shape index (κ1) is 9.90. The lowest BCUT2D eigenvalue weighted by atomic mass is 9.98. The van der Waals surface area contributed by atoms with Crippen LogP contribution >= 0.6 is 11.6 Å². The summed E-state index contributed by atoms with van der Waals surface area (Å²) in [6, 6.07) is 4.83. The van der Waals surface area contributed by atoms with Gasteiger partial charge in [-0.25, -0.2) is 4.39 Å². The molecule has 1 atom stereocenters. The molecule has 0 radical (unpaired) electrons. The van der Waals surface area contributed by atoms with Crippen molar-refractivity contribution in [1.82, 2.24) is 5.06 Å². The first-order valence-corrected chi connectivity index (χ1v) is 4.93. The summed E-state index contributed by atoms with van der Waals surface area (Å²) in [5.74, 6) is -0.174. The van der Waals surface area contributed by atoms with Gasteiger partial charge in [0, 0.05) is 19.0 Å². The highest BCUT2D eigenvalue weighted by Crippen LogP contribution is 2.28. The summed E-state index contributed by atoms with van der Waals surface area (Å²) in [6.45, 7) is 1.22. The number of benzene rings is 1. The fourth-order valence-electron chi connectivity index (χ4n) is 1.78. The largest absolute Gasteiger partial charge is 0.314 e. The lowest BCUT2D eigenvalue weighted by molar-refractivity contribution is -0.0691. The van der Waals surface area contributed by atoms with Crippen LogP contribution < -0.4 is 0 Å².